The van der Waals surface area contributed by atoms with Crippen molar-refractivity contribution < 1.29 is 4.79 Å². The molecular formula is C16H15NOS. The summed E-state index contributed by atoms with van der Waals surface area (Å²) in [5.74, 6) is 6.10. The zero-order valence-corrected chi connectivity index (χ0v) is 11.4. The van der Waals surface area contributed by atoms with Crippen LogP contribution in [0.3, 0.4) is 0 Å². The van der Waals surface area contributed by atoms with Crippen LogP contribution in [0.25, 0.3) is 0 Å². The Kier molecular flexibility index (Phi) is 5.21. The average molecular weight is 269 g/mol. The summed E-state index contributed by atoms with van der Waals surface area (Å²) >= 11 is 1.62. The van der Waals surface area contributed by atoms with Crippen LogP contribution in [-0.4, -0.2) is 5.91 Å². The molecule has 1 N–H and O–H groups in total. The van der Waals surface area contributed by atoms with E-state index < -0.39 is 0 Å². The zero-order valence-electron chi connectivity index (χ0n) is 10.6. The van der Waals surface area contributed by atoms with E-state index in [1.165, 1.54) is 0 Å². The Labute approximate surface area is 117 Å². The van der Waals surface area contributed by atoms with Gasteiger partial charge < -0.3 is 5.32 Å². The van der Waals surface area contributed by atoms with E-state index in [2.05, 4.69) is 17.2 Å². The van der Waals surface area contributed by atoms with Gasteiger partial charge in [-0.05, 0) is 17.0 Å². The van der Waals surface area contributed by atoms with Crippen molar-refractivity contribution in [2.75, 3.05) is 0 Å². The van der Waals surface area contributed by atoms with Crippen molar-refractivity contribution in [2.45, 2.75) is 19.4 Å². The summed E-state index contributed by atoms with van der Waals surface area (Å²) in [7, 11) is 0. The van der Waals surface area contributed by atoms with Crippen molar-refractivity contribution in [1.82, 2.24) is 5.32 Å². The fourth-order valence-electron chi connectivity index (χ4n) is 1.56. The third-order valence-electron chi connectivity index (χ3n) is 2.54. The topological polar surface area (TPSA) is 29.1 Å². The monoisotopic (exact) mass is 269 g/mol. The molecule has 0 saturated heterocycles. The lowest BCUT2D eigenvalue weighted by Crippen LogP contribution is -2.22. The Bertz CT molecular complexity index is 564. The van der Waals surface area contributed by atoms with Crippen molar-refractivity contribution in [3.63, 3.8) is 0 Å². The average Bonchev–Trinajstić information content (AvgIpc) is 2.96. The highest BCUT2D eigenvalue weighted by atomic mass is 32.1. The van der Waals surface area contributed by atoms with E-state index in [-0.39, 0.29) is 5.91 Å². The van der Waals surface area contributed by atoms with Gasteiger partial charge in [-0.3, -0.25) is 4.79 Å². The standard InChI is InChI=1S/C16H15NOS/c18-16(17-13-14-7-2-1-3-8-14)11-5-4-9-15-10-6-12-19-15/h1-3,6-8,10,12H,5,11,13H2,(H,17,18). The SMILES string of the molecule is O=C(CCC#Cc1cccs1)NCc1ccccc1. The maximum absolute atomic E-state index is 11.6. The first-order valence-corrected chi connectivity index (χ1v) is 7.05. The van der Waals surface area contributed by atoms with Crippen molar-refractivity contribution in [3.05, 3.63) is 58.3 Å². The Morgan fingerprint density at radius 2 is 2.00 bits per heavy atom. The van der Waals surface area contributed by atoms with E-state index in [1.54, 1.807) is 11.3 Å². The molecular weight excluding hydrogens is 254 g/mol. The van der Waals surface area contributed by atoms with Crippen molar-refractivity contribution >= 4 is 17.2 Å². The molecule has 1 heterocycles. The number of benzene rings is 1. The lowest BCUT2D eigenvalue weighted by molar-refractivity contribution is -0.121. The van der Waals surface area contributed by atoms with Gasteiger partial charge in [-0.2, -0.15) is 0 Å². The zero-order chi connectivity index (χ0) is 13.3. The molecule has 19 heavy (non-hydrogen) atoms. The van der Waals surface area contributed by atoms with Gasteiger partial charge in [0.2, 0.25) is 5.91 Å². The second-order valence-electron chi connectivity index (χ2n) is 4.04. The minimum atomic E-state index is 0.0457. The molecule has 0 unspecified atom stereocenters. The van der Waals surface area contributed by atoms with Gasteiger partial charge in [-0.25, -0.2) is 0 Å². The lowest BCUT2D eigenvalue weighted by atomic mass is 10.2. The van der Waals surface area contributed by atoms with Gasteiger partial charge in [-0.1, -0.05) is 48.2 Å². The van der Waals surface area contributed by atoms with E-state index in [0.717, 1.165) is 10.4 Å². The van der Waals surface area contributed by atoms with Crippen LogP contribution in [0.5, 0.6) is 0 Å². The first-order chi connectivity index (χ1) is 9.34. The molecule has 1 amide bonds. The highest BCUT2D eigenvalue weighted by Gasteiger charge is 1.99. The summed E-state index contributed by atoms with van der Waals surface area (Å²) in [5, 5.41) is 4.89. The summed E-state index contributed by atoms with van der Waals surface area (Å²) in [6.07, 6.45) is 1.05. The molecule has 0 spiro atoms. The first-order valence-electron chi connectivity index (χ1n) is 6.17. The molecule has 1 aromatic carbocycles. The quantitative estimate of drug-likeness (QED) is 0.849. The molecule has 3 heteroatoms. The molecule has 2 aromatic rings. The minimum Gasteiger partial charge on any atom is -0.352 e. The van der Waals surface area contributed by atoms with Gasteiger partial charge in [-0.15, -0.1) is 11.3 Å². The number of hydrogen-bond donors (Lipinski definition) is 1. The van der Waals surface area contributed by atoms with Gasteiger partial charge in [0.15, 0.2) is 0 Å². The number of thiophene rings is 1. The number of hydrogen-bond acceptors (Lipinski definition) is 2. The minimum absolute atomic E-state index is 0.0457. The summed E-state index contributed by atoms with van der Waals surface area (Å²) in [5.41, 5.74) is 1.11. The molecule has 2 rings (SSSR count). The molecule has 0 radical (unpaired) electrons. The Balaban J connectivity index is 1.68. The first kappa shape index (κ1) is 13.4. The predicted octanol–water partition coefficient (Wildman–Crippen LogP) is 3.20. The van der Waals surface area contributed by atoms with Crippen LogP contribution in [0.2, 0.25) is 0 Å². The highest BCUT2D eigenvalue weighted by Crippen LogP contribution is 2.05. The highest BCUT2D eigenvalue weighted by molar-refractivity contribution is 7.10. The van der Waals surface area contributed by atoms with Gasteiger partial charge in [0.25, 0.3) is 0 Å². The van der Waals surface area contributed by atoms with Crippen LogP contribution in [0.4, 0.5) is 0 Å². The molecule has 2 nitrogen and oxygen atoms in total. The van der Waals surface area contributed by atoms with E-state index in [0.29, 0.717) is 19.4 Å². The molecule has 0 aliphatic heterocycles. The second-order valence-corrected chi connectivity index (χ2v) is 4.99. The van der Waals surface area contributed by atoms with Gasteiger partial charge >= 0.3 is 0 Å². The van der Waals surface area contributed by atoms with Crippen LogP contribution in [-0.2, 0) is 11.3 Å². The third kappa shape index (κ3) is 4.99. The maximum atomic E-state index is 11.6. The Morgan fingerprint density at radius 1 is 1.16 bits per heavy atom. The van der Waals surface area contributed by atoms with E-state index >= 15 is 0 Å². The number of carbonyl (C=O) groups excluding carboxylic acids is 1. The normalized spacial score (nSPS) is 9.47. The smallest absolute Gasteiger partial charge is 0.221 e. The van der Waals surface area contributed by atoms with Gasteiger partial charge in [0, 0.05) is 19.4 Å². The van der Waals surface area contributed by atoms with Crippen LogP contribution in [0, 0.1) is 11.8 Å². The van der Waals surface area contributed by atoms with Gasteiger partial charge in [0.05, 0.1) is 4.88 Å². The fraction of sp³-hybridized carbons (Fsp3) is 0.188. The fourth-order valence-corrected chi connectivity index (χ4v) is 2.15. The molecule has 96 valence electrons. The number of amides is 1. The third-order valence-corrected chi connectivity index (χ3v) is 3.33. The van der Waals surface area contributed by atoms with Crippen molar-refractivity contribution in [1.29, 1.82) is 0 Å². The Hall–Kier alpha value is -2.05. The summed E-state index contributed by atoms with van der Waals surface area (Å²) < 4.78 is 0. The maximum Gasteiger partial charge on any atom is 0.221 e. The van der Waals surface area contributed by atoms with E-state index in [9.17, 15) is 4.79 Å². The molecule has 1 aromatic heterocycles. The molecule has 0 atom stereocenters. The van der Waals surface area contributed by atoms with Crippen LogP contribution in [0.1, 0.15) is 23.3 Å². The summed E-state index contributed by atoms with van der Waals surface area (Å²) in [6, 6.07) is 13.8. The molecule has 0 bridgehead atoms. The molecule has 0 aliphatic carbocycles. The van der Waals surface area contributed by atoms with Gasteiger partial charge in [0.1, 0.15) is 0 Å². The number of carbonyl (C=O) groups is 1. The van der Waals surface area contributed by atoms with Crippen LogP contribution >= 0.6 is 11.3 Å². The summed E-state index contributed by atoms with van der Waals surface area (Å²) in [6.45, 7) is 0.581. The molecule has 0 saturated carbocycles. The van der Waals surface area contributed by atoms with Crippen molar-refractivity contribution in [2.24, 2.45) is 0 Å². The molecule has 0 aliphatic rings. The van der Waals surface area contributed by atoms with Crippen LogP contribution < -0.4 is 5.32 Å². The summed E-state index contributed by atoms with van der Waals surface area (Å²) in [4.78, 5) is 12.6. The van der Waals surface area contributed by atoms with Crippen LogP contribution in [0.15, 0.2) is 47.8 Å². The molecule has 0 fully saturated rings. The lowest BCUT2D eigenvalue weighted by Gasteiger charge is -2.03. The number of nitrogens with one attached hydrogen (secondary N) is 1. The second kappa shape index (κ2) is 7.40. The van der Waals surface area contributed by atoms with Crippen molar-refractivity contribution in [3.8, 4) is 11.8 Å². The largest absolute Gasteiger partial charge is 0.352 e. The van der Waals surface area contributed by atoms with E-state index in [4.69, 9.17) is 0 Å². The predicted molar refractivity (Wildman–Crippen MR) is 78.7 cm³/mol. The van der Waals surface area contributed by atoms with E-state index in [1.807, 2.05) is 47.8 Å². The Morgan fingerprint density at radius 3 is 2.74 bits per heavy atom. The number of rotatable bonds is 4.